The van der Waals surface area contributed by atoms with Gasteiger partial charge in [-0.1, -0.05) is 132 Å². The summed E-state index contributed by atoms with van der Waals surface area (Å²) >= 11 is 1.13. The van der Waals surface area contributed by atoms with E-state index in [1.165, 1.54) is 39.5 Å². The summed E-state index contributed by atoms with van der Waals surface area (Å²) < 4.78 is 60.9. The second kappa shape index (κ2) is 35.8. The van der Waals surface area contributed by atoms with Crippen LogP contribution in [-0.2, 0) is 50.7 Å². The van der Waals surface area contributed by atoms with Crippen LogP contribution in [0.25, 0.3) is 11.2 Å². The van der Waals surface area contributed by atoms with Crippen molar-refractivity contribution in [2.75, 3.05) is 37.8 Å². The van der Waals surface area contributed by atoms with Crippen molar-refractivity contribution in [1.82, 2.24) is 30.2 Å². The first-order chi connectivity index (χ1) is 36.6. The third-order valence-electron chi connectivity index (χ3n) is 11.6. The highest BCUT2D eigenvalue weighted by molar-refractivity contribution is 8.13. The topological polar surface area (TPSA) is 375 Å². The number of allylic oxidation sites excluding steroid dienone is 10. The fraction of sp³-hybridized carbons (Fsp3) is 0.633. The van der Waals surface area contributed by atoms with E-state index < -0.39 is 84.6 Å². The SMILES string of the molecule is CCCCCC=CCC=CCC=CCC=CCC=CCCCCCCCCC(=O)SCCNC(=O)CCNC(=O)C(O)C(C)(C)COP(=O)([O-])OP(=O)([O-])OCC1OC(n2cnc3c(N)ncnc32)C(O)C1OP(=O)([O-])[O-]. The van der Waals surface area contributed by atoms with E-state index in [4.69, 9.17) is 10.5 Å². The smallest absolute Gasteiger partial charge is 0.274 e. The van der Waals surface area contributed by atoms with Crippen LogP contribution in [0.15, 0.2) is 73.4 Å². The molecule has 0 spiro atoms. The van der Waals surface area contributed by atoms with Crippen molar-refractivity contribution >= 4 is 69.1 Å². The molecule has 2 aromatic rings. The van der Waals surface area contributed by atoms with Gasteiger partial charge in [0.1, 0.15) is 36.3 Å². The van der Waals surface area contributed by atoms with Crippen LogP contribution in [0.2, 0.25) is 0 Å². The molecule has 3 heterocycles. The zero-order valence-electron chi connectivity index (χ0n) is 44.0. The van der Waals surface area contributed by atoms with Crippen LogP contribution in [-0.4, -0.2) is 103 Å². The van der Waals surface area contributed by atoms with Crippen molar-refractivity contribution in [3.05, 3.63) is 73.4 Å². The van der Waals surface area contributed by atoms with Gasteiger partial charge < -0.3 is 69.0 Å². The van der Waals surface area contributed by atoms with Crippen LogP contribution in [0, 0.1) is 5.41 Å². The number of phosphoric acid groups is 3. The highest BCUT2D eigenvalue weighted by Crippen LogP contribution is 2.56. The lowest BCUT2D eigenvalue weighted by Gasteiger charge is -2.36. The fourth-order valence-electron chi connectivity index (χ4n) is 7.41. The molecule has 7 unspecified atom stereocenters. The standard InChI is InChI=1S/C49H80N7O17P3S/c1-4-5-6-7-8-9-10-11-12-13-14-15-16-17-18-19-20-21-22-23-24-25-26-27-28-29-40(58)77-33-32-51-39(57)30-31-52-47(61)44(60)49(2,3)35-70-76(67,68)73-75(65,66)69-34-38-43(72-74(62,63)64)42(59)48(71-38)56-37-55-41-45(50)53-36-54-46(41)56/h8-9,11-12,14-15,17-18,20-21,36-38,42-44,48,59-60H,4-7,10,13,16,19,22-35H2,1-3H3,(H,51,57)(H,52,61)(H,65,66)(H,67,68)(H2,50,53,54)(H2,62,63,64)/p-4. The molecule has 0 bridgehead atoms. The van der Waals surface area contributed by atoms with E-state index in [9.17, 15) is 57.9 Å². The number of phosphoric ester groups is 3. The summed E-state index contributed by atoms with van der Waals surface area (Å²) in [5.41, 5.74) is 4.09. The number of thioether (sulfide) groups is 1. The Morgan fingerprint density at radius 2 is 1.38 bits per heavy atom. The molecule has 2 aromatic heterocycles. The molecule has 7 atom stereocenters. The lowest BCUT2D eigenvalue weighted by molar-refractivity contribution is -0.347. The highest BCUT2D eigenvalue weighted by atomic mass is 32.2. The number of aromatic nitrogens is 4. The van der Waals surface area contributed by atoms with Crippen LogP contribution in [0.3, 0.4) is 0 Å². The first kappa shape index (κ1) is 67.5. The molecule has 434 valence electrons. The number of rotatable bonds is 40. The molecule has 1 aliphatic heterocycles. The molecule has 0 saturated carbocycles. The second-order valence-electron chi connectivity index (χ2n) is 18.7. The summed E-state index contributed by atoms with van der Waals surface area (Å²) in [4.78, 5) is 97.1. The predicted octanol–water partition coefficient (Wildman–Crippen LogP) is 5.18. The van der Waals surface area contributed by atoms with Gasteiger partial charge in [-0.25, -0.2) is 19.3 Å². The minimum Gasteiger partial charge on any atom is -0.790 e. The monoisotopic (exact) mass is 1160 g/mol. The molecule has 0 aliphatic carbocycles. The Morgan fingerprint density at radius 3 is 1.99 bits per heavy atom. The lowest BCUT2D eigenvalue weighted by Crippen LogP contribution is -2.46. The number of unbranched alkanes of at least 4 members (excludes halogenated alkanes) is 9. The summed E-state index contributed by atoms with van der Waals surface area (Å²) in [5.74, 6) is -1.16. The van der Waals surface area contributed by atoms with Crippen molar-refractivity contribution < 1.29 is 80.5 Å². The number of hydrogen-bond acceptors (Lipinski definition) is 22. The predicted molar refractivity (Wildman–Crippen MR) is 283 cm³/mol. The molecule has 2 amide bonds. The number of amides is 2. The molecule has 24 nitrogen and oxygen atoms in total. The number of anilines is 1. The van der Waals surface area contributed by atoms with Crippen molar-refractivity contribution in [1.29, 1.82) is 0 Å². The summed E-state index contributed by atoms with van der Waals surface area (Å²) in [5, 5.41) is 26.5. The Bertz CT molecular complexity index is 2420. The van der Waals surface area contributed by atoms with Gasteiger partial charge in [-0.2, -0.15) is 0 Å². The number of nitrogens with two attached hydrogens (primary N) is 1. The zero-order chi connectivity index (χ0) is 56.7. The first-order valence-electron chi connectivity index (χ1n) is 25.8. The number of fused-ring (bicyclic) bond motifs is 1. The number of aliphatic hydroxyl groups is 2. The van der Waals surface area contributed by atoms with Crippen molar-refractivity contribution in [3.8, 4) is 0 Å². The normalized spacial score (nSPS) is 19.5. The van der Waals surface area contributed by atoms with E-state index in [1.807, 2.05) is 0 Å². The van der Waals surface area contributed by atoms with Gasteiger partial charge in [0.2, 0.25) is 11.8 Å². The second-order valence-corrected chi connectivity index (χ2v) is 23.9. The maximum absolute atomic E-state index is 12.7. The highest BCUT2D eigenvalue weighted by Gasteiger charge is 2.47. The Labute approximate surface area is 455 Å². The van der Waals surface area contributed by atoms with E-state index in [0.717, 1.165) is 99.6 Å². The van der Waals surface area contributed by atoms with Crippen LogP contribution < -0.4 is 35.9 Å². The van der Waals surface area contributed by atoms with E-state index in [2.05, 4.69) is 111 Å². The molecule has 1 fully saturated rings. The van der Waals surface area contributed by atoms with Gasteiger partial charge in [0.25, 0.3) is 15.6 Å². The Balaban J connectivity index is 1.21. The summed E-state index contributed by atoms with van der Waals surface area (Å²) in [7, 11) is -17.6. The minimum atomic E-state index is -5.93. The Morgan fingerprint density at radius 1 is 0.805 bits per heavy atom. The lowest BCUT2D eigenvalue weighted by atomic mass is 9.87. The van der Waals surface area contributed by atoms with E-state index in [0.29, 0.717) is 12.2 Å². The van der Waals surface area contributed by atoms with Gasteiger partial charge in [0.05, 0.1) is 27.4 Å². The van der Waals surface area contributed by atoms with Crippen LogP contribution in [0.5, 0.6) is 0 Å². The number of hydrogen-bond donors (Lipinski definition) is 5. The molecular formula is C49H76N7O17P3S-4. The number of nitrogens with one attached hydrogen (secondary N) is 2. The summed E-state index contributed by atoms with van der Waals surface area (Å²) in [6.07, 6.45) is 31.3. The van der Waals surface area contributed by atoms with Crippen LogP contribution in [0.4, 0.5) is 5.82 Å². The molecule has 6 N–H and O–H groups in total. The van der Waals surface area contributed by atoms with E-state index in [1.54, 1.807) is 0 Å². The molecule has 77 heavy (non-hydrogen) atoms. The van der Waals surface area contributed by atoms with Crippen LogP contribution in [0.1, 0.15) is 136 Å². The molecule has 28 heteroatoms. The summed E-state index contributed by atoms with van der Waals surface area (Å²) in [6.45, 7) is 2.37. The molecule has 1 aliphatic rings. The quantitative estimate of drug-likeness (QED) is 0.0326. The van der Waals surface area contributed by atoms with Crippen molar-refractivity contribution in [3.63, 3.8) is 0 Å². The Kier molecular flexibility index (Phi) is 31.4. The number of carbonyl (C=O) groups excluding carboxylic acids is 3. The van der Waals surface area contributed by atoms with E-state index in [-0.39, 0.29) is 41.6 Å². The van der Waals surface area contributed by atoms with Crippen LogP contribution >= 0.6 is 35.2 Å². The molecule has 0 aromatic carbocycles. The van der Waals surface area contributed by atoms with E-state index >= 15 is 0 Å². The van der Waals surface area contributed by atoms with Gasteiger partial charge in [-0.3, -0.25) is 28.1 Å². The van der Waals surface area contributed by atoms with Crippen molar-refractivity contribution in [2.45, 2.75) is 161 Å². The number of carbonyl (C=O) groups is 3. The third kappa shape index (κ3) is 27.8. The number of nitrogens with zero attached hydrogens (tertiary/aromatic N) is 4. The zero-order valence-corrected chi connectivity index (χ0v) is 47.5. The number of aliphatic hydroxyl groups excluding tert-OH is 2. The average Bonchev–Trinajstić information content (AvgIpc) is 3.96. The maximum Gasteiger partial charge on any atom is 0.274 e. The average molecular weight is 1160 g/mol. The number of ether oxygens (including phenoxy) is 1. The number of nitrogen functional groups attached to an aromatic ring is 1. The Hall–Kier alpha value is -3.74. The van der Waals surface area contributed by atoms with Gasteiger partial charge in [0, 0.05) is 37.1 Å². The third-order valence-corrected chi connectivity index (χ3v) is 15.6. The largest absolute Gasteiger partial charge is 0.790 e. The molecule has 0 radical (unpaired) electrons. The van der Waals surface area contributed by atoms with Gasteiger partial charge in [-0.15, -0.1) is 0 Å². The fourth-order valence-corrected chi connectivity index (χ4v) is 10.9. The van der Waals surface area contributed by atoms with Gasteiger partial charge in [-0.05, 0) is 57.8 Å². The first-order valence-corrected chi connectivity index (χ1v) is 31.1. The molecule has 3 rings (SSSR count). The minimum absolute atomic E-state index is 0.0203. The van der Waals surface area contributed by atoms with Crippen molar-refractivity contribution in [2.24, 2.45) is 5.41 Å². The summed E-state index contributed by atoms with van der Waals surface area (Å²) in [6, 6.07) is 0. The molecular weight excluding hydrogens is 1080 g/mol. The number of imidazole rings is 1. The van der Waals surface area contributed by atoms with Gasteiger partial charge >= 0.3 is 0 Å². The van der Waals surface area contributed by atoms with Gasteiger partial charge in [0.15, 0.2) is 22.8 Å². The molecule has 1 saturated heterocycles. The maximum atomic E-state index is 12.7.